The Balaban J connectivity index is 1.71. The maximum Gasteiger partial charge on any atom is 0.354 e. The maximum atomic E-state index is 13.2. The molecule has 0 bridgehead atoms. The highest BCUT2D eigenvalue weighted by atomic mass is 32.2. The zero-order valence-electron chi connectivity index (χ0n) is 16.9. The summed E-state index contributed by atoms with van der Waals surface area (Å²) in [5.41, 5.74) is 1.77. The second kappa shape index (κ2) is 7.92. The molecule has 0 fully saturated rings. The minimum Gasteiger partial charge on any atom is -0.461 e. The summed E-state index contributed by atoms with van der Waals surface area (Å²) in [5, 5.41) is 1.16. The first-order valence-corrected chi connectivity index (χ1v) is 11.2. The number of benzene rings is 2. The van der Waals surface area contributed by atoms with Crippen molar-refractivity contribution in [3.05, 3.63) is 59.9 Å². The Morgan fingerprint density at radius 2 is 1.16 bits per heavy atom. The SMILES string of the molecule is CCOC(=O)c1cc2cc(S(=O)(=O)c3ccc4[nH]c(C(=O)OCC)cc4c3)ccc2[nH]1. The molecule has 0 aliphatic carbocycles. The van der Waals surface area contributed by atoms with E-state index in [4.69, 9.17) is 9.47 Å². The van der Waals surface area contributed by atoms with E-state index in [1.165, 1.54) is 24.3 Å². The number of carbonyl (C=O) groups excluding carboxylic acids is 2. The third-order valence-electron chi connectivity index (χ3n) is 4.80. The van der Waals surface area contributed by atoms with Gasteiger partial charge in [0, 0.05) is 21.8 Å². The van der Waals surface area contributed by atoms with Gasteiger partial charge in [-0.15, -0.1) is 0 Å². The molecule has 0 saturated heterocycles. The van der Waals surface area contributed by atoms with Crippen molar-refractivity contribution in [1.82, 2.24) is 9.97 Å². The van der Waals surface area contributed by atoms with Crippen LogP contribution in [0.3, 0.4) is 0 Å². The van der Waals surface area contributed by atoms with Gasteiger partial charge in [-0.25, -0.2) is 18.0 Å². The number of ether oxygens (including phenoxy) is 2. The van der Waals surface area contributed by atoms with E-state index in [0.717, 1.165) is 0 Å². The summed E-state index contributed by atoms with van der Waals surface area (Å²) in [6.45, 7) is 3.91. The number of hydrogen-bond acceptors (Lipinski definition) is 6. The van der Waals surface area contributed by atoms with Gasteiger partial charge in [0.15, 0.2) is 0 Å². The molecule has 0 radical (unpaired) electrons. The number of sulfone groups is 1. The van der Waals surface area contributed by atoms with Crippen LogP contribution in [0.2, 0.25) is 0 Å². The molecule has 31 heavy (non-hydrogen) atoms. The van der Waals surface area contributed by atoms with Crippen molar-refractivity contribution in [2.45, 2.75) is 23.6 Å². The van der Waals surface area contributed by atoms with Crippen LogP contribution in [0.5, 0.6) is 0 Å². The molecule has 2 aromatic heterocycles. The number of rotatable bonds is 6. The molecule has 0 aliphatic rings. The molecule has 4 rings (SSSR count). The van der Waals surface area contributed by atoms with Crippen LogP contribution in [-0.4, -0.2) is 43.5 Å². The van der Waals surface area contributed by atoms with E-state index in [0.29, 0.717) is 21.8 Å². The Morgan fingerprint density at radius 1 is 0.742 bits per heavy atom. The zero-order chi connectivity index (χ0) is 22.2. The summed E-state index contributed by atoms with van der Waals surface area (Å²) in [6, 6.07) is 12.3. The summed E-state index contributed by atoms with van der Waals surface area (Å²) in [6.07, 6.45) is 0. The average molecular weight is 440 g/mol. The third-order valence-corrected chi connectivity index (χ3v) is 6.54. The molecule has 2 N–H and O–H groups in total. The Morgan fingerprint density at radius 3 is 1.55 bits per heavy atom. The van der Waals surface area contributed by atoms with Gasteiger partial charge in [0.05, 0.1) is 23.0 Å². The molecular weight excluding hydrogens is 420 g/mol. The number of aromatic amines is 2. The van der Waals surface area contributed by atoms with E-state index < -0.39 is 21.8 Å². The van der Waals surface area contributed by atoms with E-state index in [1.54, 1.807) is 38.1 Å². The van der Waals surface area contributed by atoms with E-state index >= 15 is 0 Å². The van der Waals surface area contributed by atoms with Crippen LogP contribution < -0.4 is 0 Å². The molecule has 4 aromatic rings. The fourth-order valence-electron chi connectivity index (χ4n) is 3.33. The normalized spacial score (nSPS) is 11.7. The lowest BCUT2D eigenvalue weighted by atomic mass is 10.2. The van der Waals surface area contributed by atoms with E-state index in [9.17, 15) is 18.0 Å². The van der Waals surface area contributed by atoms with Gasteiger partial charge >= 0.3 is 11.9 Å². The first-order valence-electron chi connectivity index (χ1n) is 9.68. The molecule has 160 valence electrons. The average Bonchev–Trinajstić information content (AvgIpc) is 3.37. The summed E-state index contributed by atoms with van der Waals surface area (Å²) in [7, 11) is -3.82. The summed E-state index contributed by atoms with van der Waals surface area (Å²) < 4.78 is 36.4. The third kappa shape index (κ3) is 3.79. The molecule has 2 heterocycles. The highest BCUT2D eigenvalue weighted by molar-refractivity contribution is 7.91. The van der Waals surface area contributed by atoms with E-state index in [2.05, 4.69) is 9.97 Å². The molecule has 0 saturated carbocycles. The Hall–Kier alpha value is -3.59. The molecular formula is C22H20N2O6S. The second-order valence-corrected chi connectivity index (χ2v) is 8.76. The van der Waals surface area contributed by atoms with Gasteiger partial charge in [-0.2, -0.15) is 0 Å². The number of carbonyl (C=O) groups is 2. The van der Waals surface area contributed by atoms with Crippen molar-refractivity contribution in [1.29, 1.82) is 0 Å². The molecule has 0 spiro atoms. The second-order valence-electron chi connectivity index (χ2n) is 6.81. The fraction of sp³-hybridized carbons (Fsp3) is 0.182. The summed E-state index contributed by atoms with van der Waals surface area (Å²) in [4.78, 5) is 29.9. The quantitative estimate of drug-likeness (QED) is 0.440. The lowest BCUT2D eigenvalue weighted by Crippen LogP contribution is -2.04. The van der Waals surface area contributed by atoms with Crippen molar-refractivity contribution in [3.8, 4) is 0 Å². The molecule has 0 atom stereocenters. The molecule has 9 heteroatoms. The number of esters is 2. The van der Waals surface area contributed by atoms with Crippen molar-refractivity contribution < 1.29 is 27.5 Å². The fourth-order valence-corrected chi connectivity index (χ4v) is 4.66. The topological polar surface area (TPSA) is 118 Å². The van der Waals surface area contributed by atoms with Gasteiger partial charge in [-0.3, -0.25) is 0 Å². The van der Waals surface area contributed by atoms with Crippen molar-refractivity contribution in [3.63, 3.8) is 0 Å². The van der Waals surface area contributed by atoms with Crippen molar-refractivity contribution in [2.24, 2.45) is 0 Å². The monoisotopic (exact) mass is 440 g/mol. The Bertz CT molecular complexity index is 1310. The van der Waals surface area contributed by atoms with Gasteiger partial charge in [0.1, 0.15) is 11.4 Å². The molecule has 2 aromatic carbocycles. The first kappa shape index (κ1) is 20.7. The van der Waals surface area contributed by atoms with E-state index in [1.807, 2.05) is 0 Å². The van der Waals surface area contributed by atoms with Crippen LogP contribution >= 0.6 is 0 Å². The number of hydrogen-bond donors (Lipinski definition) is 2. The van der Waals surface area contributed by atoms with Gasteiger partial charge in [0.25, 0.3) is 0 Å². The van der Waals surface area contributed by atoms with Crippen molar-refractivity contribution >= 4 is 43.6 Å². The minimum absolute atomic E-state index is 0.0925. The molecule has 8 nitrogen and oxygen atoms in total. The number of nitrogens with one attached hydrogen (secondary N) is 2. The number of aromatic nitrogens is 2. The lowest BCUT2D eigenvalue weighted by molar-refractivity contribution is 0.0511. The Labute approximate surface area is 178 Å². The highest BCUT2D eigenvalue weighted by Crippen LogP contribution is 2.28. The zero-order valence-corrected chi connectivity index (χ0v) is 17.7. The van der Waals surface area contributed by atoms with Crippen LogP contribution in [0.25, 0.3) is 21.8 Å². The predicted molar refractivity (Wildman–Crippen MR) is 114 cm³/mol. The van der Waals surface area contributed by atoms with Crippen LogP contribution in [0.1, 0.15) is 34.8 Å². The largest absolute Gasteiger partial charge is 0.461 e. The molecule has 0 amide bonds. The molecule has 0 aliphatic heterocycles. The highest BCUT2D eigenvalue weighted by Gasteiger charge is 2.21. The van der Waals surface area contributed by atoms with Crippen molar-refractivity contribution in [2.75, 3.05) is 13.2 Å². The smallest absolute Gasteiger partial charge is 0.354 e. The number of H-pyrrole nitrogens is 2. The summed E-state index contributed by atoms with van der Waals surface area (Å²) in [5.74, 6) is -1.00. The number of fused-ring (bicyclic) bond motifs is 2. The van der Waals surface area contributed by atoms with Gasteiger partial charge in [-0.1, -0.05) is 0 Å². The van der Waals surface area contributed by atoms with Crippen LogP contribution in [-0.2, 0) is 19.3 Å². The minimum atomic E-state index is -3.82. The standard InChI is InChI=1S/C22H20N2O6S/c1-3-29-21(25)19-11-13-9-15(5-7-17(13)23-19)31(27,28)16-6-8-18-14(10-16)12-20(24-18)22(26)30-4-2/h5-12,23-24H,3-4H2,1-2H3. The Kier molecular flexibility index (Phi) is 5.28. The van der Waals surface area contributed by atoms with Crippen LogP contribution in [0.4, 0.5) is 0 Å². The van der Waals surface area contributed by atoms with Crippen LogP contribution in [0.15, 0.2) is 58.3 Å². The van der Waals surface area contributed by atoms with E-state index in [-0.39, 0.29) is 34.4 Å². The van der Waals surface area contributed by atoms with Gasteiger partial charge in [0.2, 0.25) is 9.84 Å². The first-order chi connectivity index (χ1) is 14.8. The lowest BCUT2D eigenvalue weighted by Gasteiger charge is -2.05. The van der Waals surface area contributed by atoms with Gasteiger partial charge in [-0.05, 0) is 62.4 Å². The maximum absolute atomic E-state index is 13.2. The predicted octanol–water partition coefficient (Wildman–Crippen LogP) is 3.84. The molecule has 0 unspecified atom stereocenters. The van der Waals surface area contributed by atoms with Crippen LogP contribution in [0, 0.1) is 0 Å². The van der Waals surface area contributed by atoms with Gasteiger partial charge < -0.3 is 19.4 Å². The summed E-state index contributed by atoms with van der Waals surface area (Å²) >= 11 is 0.